The summed E-state index contributed by atoms with van der Waals surface area (Å²) >= 11 is 5.32. The molecule has 1 aliphatic rings. The van der Waals surface area contributed by atoms with Crippen LogP contribution in [0.4, 0.5) is 17.1 Å². The quantitative estimate of drug-likeness (QED) is 0.477. The summed E-state index contributed by atoms with van der Waals surface area (Å²) in [5.41, 5.74) is -1.24. The highest BCUT2D eigenvalue weighted by atomic mass is 35.5. The predicted molar refractivity (Wildman–Crippen MR) is 80.5 cm³/mol. The highest BCUT2D eigenvalue weighted by Gasteiger charge is 2.33. The zero-order chi connectivity index (χ0) is 16.4. The highest BCUT2D eigenvalue weighted by molar-refractivity contribution is 6.67. The lowest BCUT2D eigenvalue weighted by atomic mass is 9.99. The van der Waals surface area contributed by atoms with E-state index >= 15 is 0 Å². The molecule has 1 atom stereocenters. The van der Waals surface area contributed by atoms with Gasteiger partial charge in [0.2, 0.25) is 0 Å². The molecular formula is C13H14ClN3O5. The third-order valence-corrected chi connectivity index (χ3v) is 3.88. The number of anilines is 1. The van der Waals surface area contributed by atoms with Crippen LogP contribution < -0.4 is 4.90 Å². The molecule has 0 amide bonds. The molecule has 1 aliphatic heterocycles. The van der Waals surface area contributed by atoms with E-state index in [1.165, 1.54) is 0 Å². The molecule has 9 heteroatoms. The molecule has 1 saturated heterocycles. The molecule has 0 spiro atoms. The maximum atomic E-state index is 11.3. The predicted octanol–water partition coefficient (Wildman–Crippen LogP) is 3.12. The first-order valence-corrected chi connectivity index (χ1v) is 7.10. The van der Waals surface area contributed by atoms with Gasteiger partial charge < -0.3 is 4.90 Å². The van der Waals surface area contributed by atoms with E-state index in [4.69, 9.17) is 11.6 Å². The van der Waals surface area contributed by atoms with Gasteiger partial charge in [0.1, 0.15) is 0 Å². The number of hydrogen-bond donors (Lipinski definition) is 0. The topological polar surface area (TPSA) is 107 Å². The van der Waals surface area contributed by atoms with Gasteiger partial charge in [0.25, 0.3) is 16.6 Å². The van der Waals surface area contributed by atoms with Gasteiger partial charge in [-0.3, -0.25) is 25.0 Å². The van der Waals surface area contributed by atoms with E-state index in [-0.39, 0.29) is 17.2 Å². The number of nitrogens with zero attached hydrogens (tertiary/aromatic N) is 3. The molecule has 0 saturated carbocycles. The van der Waals surface area contributed by atoms with E-state index in [1.807, 2.05) is 6.92 Å². The number of piperidine rings is 1. The highest BCUT2D eigenvalue weighted by Crippen LogP contribution is 2.40. The summed E-state index contributed by atoms with van der Waals surface area (Å²) in [5.74, 6) is 0.280. The summed E-state index contributed by atoms with van der Waals surface area (Å²) in [4.78, 5) is 34.0. The van der Waals surface area contributed by atoms with Gasteiger partial charge in [-0.25, -0.2) is 0 Å². The molecule has 1 unspecified atom stereocenters. The fourth-order valence-electron chi connectivity index (χ4n) is 2.71. The van der Waals surface area contributed by atoms with Crippen LogP contribution in [0.5, 0.6) is 0 Å². The van der Waals surface area contributed by atoms with Crippen LogP contribution in [0.2, 0.25) is 0 Å². The first-order chi connectivity index (χ1) is 10.3. The number of halogens is 1. The average Bonchev–Trinajstić information content (AvgIpc) is 2.45. The molecule has 0 aliphatic carbocycles. The third kappa shape index (κ3) is 3.16. The Hall–Kier alpha value is -2.22. The molecule has 0 N–H and O–H groups in total. The Morgan fingerprint density at radius 1 is 1.27 bits per heavy atom. The summed E-state index contributed by atoms with van der Waals surface area (Å²) in [7, 11) is 0. The van der Waals surface area contributed by atoms with Crippen molar-refractivity contribution in [3.8, 4) is 0 Å². The molecule has 0 radical (unpaired) electrons. The Kier molecular flexibility index (Phi) is 4.60. The monoisotopic (exact) mass is 327 g/mol. The summed E-state index contributed by atoms with van der Waals surface area (Å²) in [5, 5.41) is 21.6. The van der Waals surface area contributed by atoms with Gasteiger partial charge in [0.15, 0.2) is 5.69 Å². The number of benzene rings is 1. The second-order valence-corrected chi connectivity index (χ2v) is 5.69. The van der Waals surface area contributed by atoms with Crippen molar-refractivity contribution in [3.05, 3.63) is 37.9 Å². The molecule has 2 rings (SSSR count). The summed E-state index contributed by atoms with van der Waals surface area (Å²) in [6, 6.07) is 1.99. The molecule has 118 valence electrons. The fourth-order valence-corrected chi connectivity index (χ4v) is 2.82. The summed E-state index contributed by atoms with van der Waals surface area (Å²) in [6.07, 6.45) is 1.77. The molecule has 8 nitrogen and oxygen atoms in total. The van der Waals surface area contributed by atoms with E-state index in [1.54, 1.807) is 4.90 Å². The number of rotatable bonds is 4. The normalized spacial score (nSPS) is 18.1. The van der Waals surface area contributed by atoms with Crippen molar-refractivity contribution in [2.24, 2.45) is 5.92 Å². The van der Waals surface area contributed by atoms with Crippen LogP contribution in [0.3, 0.4) is 0 Å². The Morgan fingerprint density at radius 3 is 2.23 bits per heavy atom. The van der Waals surface area contributed by atoms with Crippen molar-refractivity contribution in [3.63, 3.8) is 0 Å². The standard InChI is InChI=1S/C13H14ClN3O5/c1-8-3-2-4-15(7-8)12-10(16(19)20)5-9(13(14)18)6-11(12)17(21)22/h5-6,8H,2-4,7H2,1H3. The minimum Gasteiger partial charge on any atom is -0.360 e. The minimum absolute atomic E-state index is 0.0526. The number of nitro groups is 2. The lowest BCUT2D eigenvalue weighted by Gasteiger charge is -2.32. The van der Waals surface area contributed by atoms with E-state index in [9.17, 15) is 25.0 Å². The Labute approximate surface area is 131 Å². The Bertz CT molecular complexity index is 614. The lowest BCUT2D eigenvalue weighted by Crippen LogP contribution is -2.35. The van der Waals surface area contributed by atoms with Crippen LogP contribution in [0.15, 0.2) is 12.1 Å². The molecule has 1 aromatic carbocycles. The first-order valence-electron chi connectivity index (χ1n) is 6.73. The fraction of sp³-hybridized carbons (Fsp3) is 0.462. The molecular weight excluding hydrogens is 314 g/mol. The van der Waals surface area contributed by atoms with Crippen molar-refractivity contribution < 1.29 is 14.6 Å². The summed E-state index contributed by atoms with van der Waals surface area (Å²) in [6.45, 7) is 2.98. The zero-order valence-corrected chi connectivity index (χ0v) is 12.6. The van der Waals surface area contributed by atoms with Gasteiger partial charge in [-0.2, -0.15) is 0 Å². The SMILES string of the molecule is CC1CCCN(c2c([N+](=O)[O-])cc(C(=O)Cl)cc2[N+](=O)[O-])C1. The van der Waals surface area contributed by atoms with Crippen molar-refractivity contribution in [2.45, 2.75) is 19.8 Å². The van der Waals surface area contributed by atoms with E-state index in [0.717, 1.165) is 25.0 Å². The number of carbonyl (C=O) groups is 1. The van der Waals surface area contributed by atoms with Crippen LogP contribution in [0.1, 0.15) is 30.1 Å². The average molecular weight is 328 g/mol. The van der Waals surface area contributed by atoms with Crippen molar-refractivity contribution in [1.82, 2.24) is 0 Å². The molecule has 0 bridgehead atoms. The van der Waals surface area contributed by atoms with Gasteiger partial charge in [0.05, 0.1) is 9.85 Å². The van der Waals surface area contributed by atoms with Crippen LogP contribution >= 0.6 is 11.6 Å². The van der Waals surface area contributed by atoms with E-state index in [2.05, 4.69) is 0 Å². The number of carbonyl (C=O) groups excluding carboxylic acids is 1. The second-order valence-electron chi connectivity index (χ2n) is 5.34. The molecule has 1 heterocycles. The van der Waals surface area contributed by atoms with Gasteiger partial charge in [-0.05, 0) is 30.4 Å². The largest absolute Gasteiger partial charge is 0.360 e. The van der Waals surface area contributed by atoms with Crippen LogP contribution in [-0.2, 0) is 0 Å². The lowest BCUT2D eigenvalue weighted by molar-refractivity contribution is -0.392. The van der Waals surface area contributed by atoms with Gasteiger partial charge in [0, 0.05) is 30.8 Å². The van der Waals surface area contributed by atoms with Crippen molar-refractivity contribution in [1.29, 1.82) is 0 Å². The van der Waals surface area contributed by atoms with Crippen LogP contribution in [0, 0.1) is 26.1 Å². The van der Waals surface area contributed by atoms with Gasteiger partial charge in [-0.15, -0.1) is 0 Å². The number of nitro benzene ring substituents is 2. The Balaban J connectivity index is 2.65. The zero-order valence-electron chi connectivity index (χ0n) is 11.8. The number of hydrogen-bond acceptors (Lipinski definition) is 6. The third-order valence-electron chi connectivity index (χ3n) is 3.66. The van der Waals surface area contributed by atoms with Gasteiger partial charge in [-0.1, -0.05) is 6.92 Å². The molecule has 1 fully saturated rings. The van der Waals surface area contributed by atoms with Gasteiger partial charge >= 0.3 is 0 Å². The van der Waals surface area contributed by atoms with E-state index < -0.39 is 26.5 Å². The molecule has 22 heavy (non-hydrogen) atoms. The first kappa shape index (κ1) is 16.2. The molecule has 1 aromatic rings. The van der Waals surface area contributed by atoms with Crippen molar-refractivity contribution in [2.75, 3.05) is 18.0 Å². The smallest absolute Gasteiger partial charge is 0.300 e. The second kappa shape index (κ2) is 6.27. The maximum absolute atomic E-state index is 11.3. The maximum Gasteiger partial charge on any atom is 0.300 e. The van der Waals surface area contributed by atoms with Crippen molar-refractivity contribution >= 4 is 33.9 Å². The van der Waals surface area contributed by atoms with Crippen LogP contribution in [0.25, 0.3) is 0 Å². The van der Waals surface area contributed by atoms with Crippen LogP contribution in [-0.4, -0.2) is 28.2 Å². The minimum atomic E-state index is -0.968. The Morgan fingerprint density at radius 2 is 1.82 bits per heavy atom. The summed E-state index contributed by atoms with van der Waals surface area (Å²) < 4.78 is 0. The molecule has 0 aromatic heterocycles. The van der Waals surface area contributed by atoms with E-state index in [0.29, 0.717) is 13.1 Å².